The molecule has 3 aromatic rings. The summed E-state index contributed by atoms with van der Waals surface area (Å²) in [5.74, 6) is 1.12. The second kappa shape index (κ2) is 5.69. The second-order valence-corrected chi connectivity index (χ2v) is 5.79. The van der Waals surface area contributed by atoms with Gasteiger partial charge in [-0.15, -0.1) is 0 Å². The fourth-order valence-electron chi connectivity index (χ4n) is 1.96. The maximum atomic E-state index is 5.35. The lowest BCUT2D eigenvalue weighted by atomic mass is 10.2. The van der Waals surface area contributed by atoms with Gasteiger partial charge in [-0.25, -0.2) is 0 Å². The summed E-state index contributed by atoms with van der Waals surface area (Å²) >= 11 is 3.41. The Bertz CT molecular complexity index is 733. The van der Waals surface area contributed by atoms with Gasteiger partial charge in [-0.3, -0.25) is 0 Å². The van der Waals surface area contributed by atoms with Gasteiger partial charge in [0.1, 0.15) is 0 Å². The molecule has 0 amide bonds. The zero-order valence-corrected chi connectivity index (χ0v) is 13.3. The molecule has 0 aliphatic heterocycles. The number of rotatable bonds is 3. The highest BCUT2D eigenvalue weighted by Crippen LogP contribution is 2.24. The van der Waals surface area contributed by atoms with Crippen LogP contribution in [0.1, 0.15) is 0 Å². The van der Waals surface area contributed by atoms with Gasteiger partial charge in [-0.05, 0) is 48.5 Å². The van der Waals surface area contributed by atoms with E-state index in [-0.39, 0.29) is 0 Å². The molecule has 0 aliphatic carbocycles. The van der Waals surface area contributed by atoms with Crippen LogP contribution in [0.5, 0.6) is 0 Å². The van der Waals surface area contributed by atoms with Crippen molar-refractivity contribution in [3.05, 3.63) is 53.0 Å². The van der Waals surface area contributed by atoms with Gasteiger partial charge in [0.15, 0.2) is 0 Å². The zero-order chi connectivity index (χ0) is 14.8. The molecule has 21 heavy (non-hydrogen) atoms. The molecular formula is C16H14BrN3O. The minimum Gasteiger partial charge on any atom is -0.378 e. The van der Waals surface area contributed by atoms with Crippen molar-refractivity contribution in [2.45, 2.75) is 0 Å². The Hall–Kier alpha value is -2.14. The first-order chi connectivity index (χ1) is 10.1. The summed E-state index contributed by atoms with van der Waals surface area (Å²) in [6.45, 7) is 0. The monoisotopic (exact) mass is 343 g/mol. The van der Waals surface area contributed by atoms with Crippen molar-refractivity contribution < 1.29 is 4.52 Å². The van der Waals surface area contributed by atoms with Crippen molar-refractivity contribution in [2.24, 2.45) is 0 Å². The van der Waals surface area contributed by atoms with E-state index in [0.29, 0.717) is 11.7 Å². The fourth-order valence-corrected chi connectivity index (χ4v) is 2.22. The third-order valence-electron chi connectivity index (χ3n) is 3.16. The average molecular weight is 344 g/mol. The molecule has 0 radical (unpaired) electrons. The lowest BCUT2D eigenvalue weighted by Crippen LogP contribution is -2.07. The summed E-state index contributed by atoms with van der Waals surface area (Å²) in [5.41, 5.74) is 2.97. The molecule has 0 aliphatic rings. The molecule has 0 saturated carbocycles. The van der Waals surface area contributed by atoms with Crippen LogP contribution >= 0.6 is 15.9 Å². The topological polar surface area (TPSA) is 42.2 Å². The summed E-state index contributed by atoms with van der Waals surface area (Å²) in [4.78, 5) is 6.49. The molecule has 106 valence electrons. The van der Waals surface area contributed by atoms with Crippen LogP contribution in [0, 0.1) is 0 Å². The molecule has 5 heteroatoms. The Balaban J connectivity index is 1.89. The molecule has 0 N–H and O–H groups in total. The van der Waals surface area contributed by atoms with Gasteiger partial charge in [0, 0.05) is 35.4 Å². The normalized spacial score (nSPS) is 10.6. The fraction of sp³-hybridized carbons (Fsp3) is 0.125. The lowest BCUT2D eigenvalue weighted by Gasteiger charge is -2.11. The van der Waals surface area contributed by atoms with Crippen LogP contribution in [-0.4, -0.2) is 24.2 Å². The highest BCUT2D eigenvalue weighted by molar-refractivity contribution is 9.10. The predicted octanol–water partition coefficient (Wildman–Crippen LogP) is 4.23. The summed E-state index contributed by atoms with van der Waals surface area (Å²) in [5, 5.41) is 4.04. The quantitative estimate of drug-likeness (QED) is 0.713. The van der Waals surface area contributed by atoms with Gasteiger partial charge in [0.25, 0.3) is 5.89 Å². The summed E-state index contributed by atoms with van der Waals surface area (Å²) in [6.07, 6.45) is 0. The van der Waals surface area contributed by atoms with Crippen LogP contribution in [-0.2, 0) is 0 Å². The van der Waals surface area contributed by atoms with Gasteiger partial charge in [-0.1, -0.05) is 21.1 Å². The first kappa shape index (κ1) is 13.8. The maximum Gasteiger partial charge on any atom is 0.258 e. The molecule has 2 aromatic carbocycles. The van der Waals surface area contributed by atoms with Crippen molar-refractivity contribution in [3.8, 4) is 22.8 Å². The minimum absolute atomic E-state index is 0.526. The van der Waals surface area contributed by atoms with Gasteiger partial charge in [0.05, 0.1) is 0 Å². The Morgan fingerprint density at radius 3 is 2.14 bits per heavy atom. The second-order valence-electron chi connectivity index (χ2n) is 4.87. The Labute approximate surface area is 131 Å². The molecule has 0 spiro atoms. The molecule has 0 fully saturated rings. The number of hydrogen-bond acceptors (Lipinski definition) is 4. The SMILES string of the molecule is CN(C)c1ccc(-c2nc(-c3ccc(Br)cc3)no2)cc1. The van der Waals surface area contributed by atoms with Gasteiger partial charge in [-0.2, -0.15) is 4.98 Å². The Morgan fingerprint density at radius 1 is 0.905 bits per heavy atom. The molecule has 0 unspecified atom stereocenters. The number of hydrogen-bond donors (Lipinski definition) is 0. The van der Waals surface area contributed by atoms with Crippen molar-refractivity contribution in [1.29, 1.82) is 0 Å². The molecule has 3 rings (SSSR count). The van der Waals surface area contributed by atoms with Crippen LogP contribution in [0.15, 0.2) is 57.5 Å². The Kier molecular flexibility index (Phi) is 3.75. The van der Waals surface area contributed by atoms with E-state index >= 15 is 0 Å². The predicted molar refractivity (Wildman–Crippen MR) is 87.2 cm³/mol. The highest BCUT2D eigenvalue weighted by atomic mass is 79.9. The summed E-state index contributed by atoms with van der Waals surface area (Å²) in [6, 6.07) is 15.8. The molecule has 0 bridgehead atoms. The van der Waals surface area contributed by atoms with E-state index in [4.69, 9.17) is 4.52 Å². The van der Waals surface area contributed by atoms with E-state index in [9.17, 15) is 0 Å². The number of benzene rings is 2. The van der Waals surface area contributed by atoms with Gasteiger partial charge >= 0.3 is 0 Å². The van der Waals surface area contributed by atoms with E-state index in [2.05, 4.69) is 26.1 Å². The molecule has 0 atom stereocenters. The zero-order valence-electron chi connectivity index (χ0n) is 11.7. The third kappa shape index (κ3) is 2.97. The van der Waals surface area contributed by atoms with Crippen LogP contribution in [0.3, 0.4) is 0 Å². The van der Waals surface area contributed by atoms with E-state index in [1.165, 1.54) is 0 Å². The number of anilines is 1. The van der Waals surface area contributed by atoms with Crippen molar-refractivity contribution >= 4 is 21.6 Å². The largest absolute Gasteiger partial charge is 0.378 e. The first-order valence-electron chi connectivity index (χ1n) is 6.51. The number of aromatic nitrogens is 2. The van der Waals surface area contributed by atoms with Gasteiger partial charge < -0.3 is 9.42 Å². The molecule has 4 nitrogen and oxygen atoms in total. The van der Waals surface area contributed by atoms with Gasteiger partial charge in [0.2, 0.25) is 5.82 Å². The van der Waals surface area contributed by atoms with Crippen LogP contribution in [0.25, 0.3) is 22.8 Å². The highest BCUT2D eigenvalue weighted by Gasteiger charge is 2.10. The van der Waals surface area contributed by atoms with Crippen LogP contribution in [0.2, 0.25) is 0 Å². The maximum absolute atomic E-state index is 5.35. The lowest BCUT2D eigenvalue weighted by molar-refractivity contribution is 0.432. The first-order valence-corrected chi connectivity index (χ1v) is 7.30. The van der Waals surface area contributed by atoms with Crippen molar-refractivity contribution in [1.82, 2.24) is 10.1 Å². The van der Waals surface area contributed by atoms with Crippen molar-refractivity contribution in [2.75, 3.05) is 19.0 Å². The van der Waals surface area contributed by atoms with E-state index in [0.717, 1.165) is 21.3 Å². The number of halogens is 1. The standard InChI is InChI=1S/C16H14BrN3O/c1-20(2)14-9-5-12(6-10-14)16-18-15(19-21-16)11-3-7-13(17)8-4-11/h3-10H,1-2H3. The Morgan fingerprint density at radius 2 is 1.52 bits per heavy atom. The van der Waals surface area contributed by atoms with E-state index in [1.54, 1.807) is 0 Å². The third-order valence-corrected chi connectivity index (χ3v) is 3.69. The van der Waals surface area contributed by atoms with Crippen LogP contribution < -0.4 is 4.90 Å². The van der Waals surface area contributed by atoms with E-state index in [1.807, 2.05) is 67.5 Å². The average Bonchev–Trinajstić information content (AvgIpc) is 2.98. The summed E-state index contributed by atoms with van der Waals surface area (Å²) < 4.78 is 6.37. The molecule has 1 aromatic heterocycles. The van der Waals surface area contributed by atoms with Crippen molar-refractivity contribution in [3.63, 3.8) is 0 Å². The smallest absolute Gasteiger partial charge is 0.258 e. The van der Waals surface area contributed by atoms with E-state index < -0.39 is 0 Å². The molecule has 1 heterocycles. The number of nitrogens with zero attached hydrogens (tertiary/aromatic N) is 3. The summed E-state index contributed by atoms with van der Waals surface area (Å²) in [7, 11) is 4.01. The molecule has 0 saturated heterocycles. The van der Waals surface area contributed by atoms with Crippen LogP contribution in [0.4, 0.5) is 5.69 Å². The minimum atomic E-state index is 0.526. The molecular weight excluding hydrogens is 330 g/mol.